The van der Waals surface area contributed by atoms with E-state index in [-0.39, 0.29) is 12.4 Å². The predicted octanol–water partition coefficient (Wildman–Crippen LogP) is 3.42. The van der Waals surface area contributed by atoms with E-state index in [9.17, 15) is 0 Å². The van der Waals surface area contributed by atoms with E-state index in [1.165, 1.54) is 122 Å². The largest absolute Gasteiger partial charge is 1.00 e. The van der Waals surface area contributed by atoms with Crippen LogP contribution in [0.1, 0.15) is 122 Å². The molecule has 6 heteroatoms. The van der Waals surface area contributed by atoms with Crippen molar-refractivity contribution in [1.29, 1.82) is 0 Å². The van der Waals surface area contributed by atoms with Crippen molar-refractivity contribution in [1.82, 2.24) is 0 Å². The minimum Gasteiger partial charge on any atom is -1.00 e. The molecule has 196 valence electrons. The molecule has 0 spiro atoms. The molecule has 0 bridgehead atoms. The fourth-order valence-corrected chi connectivity index (χ4v) is 6.16. The van der Waals surface area contributed by atoms with Crippen LogP contribution in [0.25, 0.3) is 0 Å². The molecule has 1 atom stereocenters. The van der Waals surface area contributed by atoms with Gasteiger partial charge in [-0.25, -0.2) is 0 Å². The molecule has 0 aromatic heterocycles. The lowest BCUT2D eigenvalue weighted by atomic mass is 10.0. The van der Waals surface area contributed by atoms with E-state index in [1.54, 1.807) is 26.2 Å². The van der Waals surface area contributed by atoms with Gasteiger partial charge in [0, 0.05) is 33.8 Å². The molecule has 0 fully saturated rings. The Bertz CT molecular complexity index is 352. The fraction of sp³-hybridized carbons (Fsp3) is 1.00. The highest BCUT2D eigenvalue weighted by Crippen LogP contribution is 2.15. The van der Waals surface area contributed by atoms with Gasteiger partial charge in [0.05, 0.1) is 20.1 Å². The van der Waals surface area contributed by atoms with Gasteiger partial charge in [-0.3, -0.25) is 0 Å². The van der Waals surface area contributed by atoms with Crippen LogP contribution in [0.2, 0.25) is 6.04 Å². The molecule has 0 radical (unpaired) electrons. The zero-order chi connectivity index (χ0) is 23.0. The van der Waals surface area contributed by atoms with Crippen molar-refractivity contribution in [2.24, 2.45) is 0 Å². The Labute approximate surface area is 209 Å². The summed E-state index contributed by atoms with van der Waals surface area (Å²) in [6, 6.07) is 0.910. The maximum Gasteiger partial charge on any atom is 0.500 e. The molecule has 1 unspecified atom stereocenters. The van der Waals surface area contributed by atoms with Crippen LogP contribution in [0.5, 0.6) is 0 Å². The minimum atomic E-state index is -2.38. The average Bonchev–Trinajstić information content (AvgIpc) is 2.79. The lowest BCUT2D eigenvalue weighted by molar-refractivity contribution is -0.879. The van der Waals surface area contributed by atoms with Crippen molar-refractivity contribution in [3.63, 3.8) is 0 Å². The van der Waals surface area contributed by atoms with Crippen molar-refractivity contribution in [3.8, 4) is 0 Å². The van der Waals surface area contributed by atoms with Gasteiger partial charge in [-0.05, 0) is 12.8 Å². The van der Waals surface area contributed by atoms with E-state index >= 15 is 0 Å². The summed E-state index contributed by atoms with van der Waals surface area (Å²) in [7, 11) is 5.04. The minimum absolute atomic E-state index is 0. The molecule has 0 rings (SSSR count). The zero-order valence-electron chi connectivity index (χ0n) is 22.5. The summed E-state index contributed by atoms with van der Waals surface area (Å²) in [5.74, 6) is 0. The van der Waals surface area contributed by atoms with E-state index in [2.05, 4.69) is 14.0 Å². The summed E-state index contributed by atoms with van der Waals surface area (Å²) in [5.41, 5.74) is 0. The first-order chi connectivity index (χ1) is 15.1. The molecule has 4 nitrogen and oxygen atoms in total. The highest BCUT2D eigenvalue weighted by atomic mass is 35.5. The van der Waals surface area contributed by atoms with Gasteiger partial charge in [-0.15, -0.1) is 0 Å². The van der Waals surface area contributed by atoms with Crippen LogP contribution >= 0.6 is 0 Å². The number of hydrogen-bond donors (Lipinski definition) is 1. The zero-order valence-corrected chi connectivity index (χ0v) is 24.2. The normalized spacial score (nSPS) is 12.7. The third kappa shape index (κ3) is 20.9. The van der Waals surface area contributed by atoms with Gasteiger partial charge >= 0.3 is 8.80 Å². The van der Waals surface area contributed by atoms with Crippen LogP contribution in [0.4, 0.5) is 0 Å². The molecule has 0 aromatic carbocycles. The fourth-order valence-electron chi connectivity index (χ4n) is 4.44. The van der Waals surface area contributed by atoms with Crippen LogP contribution in [0, 0.1) is 0 Å². The Morgan fingerprint density at radius 2 is 0.812 bits per heavy atom. The molecule has 32 heavy (non-hydrogen) atoms. The van der Waals surface area contributed by atoms with Crippen LogP contribution < -0.4 is 17.3 Å². The second-order valence-electron chi connectivity index (χ2n) is 9.51. The molecule has 0 heterocycles. The van der Waals surface area contributed by atoms with Gasteiger partial charge in [-0.2, -0.15) is 0 Å². The van der Waals surface area contributed by atoms with Crippen LogP contribution in [-0.4, -0.2) is 50.3 Å². The second kappa shape index (κ2) is 26.0. The molecular formula is C26H58ClNO3Si. The number of unbranched alkanes of at least 4 members (excludes halogenated alkanes) is 16. The molecule has 0 aliphatic carbocycles. The smallest absolute Gasteiger partial charge is 0.500 e. The Morgan fingerprint density at radius 1 is 0.500 bits per heavy atom. The van der Waals surface area contributed by atoms with E-state index in [0.717, 1.165) is 12.5 Å². The molecule has 0 saturated carbocycles. The lowest BCUT2D eigenvalue weighted by Gasteiger charge is -2.24. The number of nitrogens with one attached hydrogen (secondary N) is 1. The van der Waals surface area contributed by atoms with Crippen molar-refractivity contribution in [2.45, 2.75) is 129 Å². The van der Waals surface area contributed by atoms with E-state index in [4.69, 9.17) is 13.3 Å². The van der Waals surface area contributed by atoms with Crippen molar-refractivity contribution in [2.75, 3.05) is 41.5 Å². The summed E-state index contributed by atoms with van der Waals surface area (Å²) in [6.45, 7) is 4.74. The first kappa shape index (κ1) is 34.5. The first-order valence-electron chi connectivity index (χ1n) is 13.6. The highest BCUT2D eigenvalue weighted by Gasteiger charge is 2.37. The standard InChI is InChI=1S/C26H57NO3Si.ClH/c1-6-7-8-9-10-11-12-13-14-15-16-17-18-19-20-21-22-24-27(2)25-23-26-31(28-3,29-4)30-5;/h6-26H2,1-5H3;1H. The van der Waals surface area contributed by atoms with Gasteiger partial charge < -0.3 is 30.6 Å². The van der Waals surface area contributed by atoms with Crippen LogP contribution in [0.15, 0.2) is 0 Å². The third-order valence-corrected chi connectivity index (χ3v) is 9.56. The Hall–Kier alpha value is 0.347. The van der Waals surface area contributed by atoms with Gasteiger partial charge in [-0.1, -0.05) is 103 Å². The summed E-state index contributed by atoms with van der Waals surface area (Å²) >= 11 is 0. The Kier molecular flexibility index (Phi) is 28.0. The summed E-state index contributed by atoms with van der Waals surface area (Å²) in [5, 5.41) is 0. The molecule has 0 aromatic rings. The molecule has 0 aliphatic rings. The molecule has 0 aliphatic heterocycles. The van der Waals surface area contributed by atoms with Crippen molar-refractivity contribution in [3.05, 3.63) is 0 Å². The Morgan fingerprint density at radius 3 is 1.16 bits per heavy atom. The highest BCUT2D eigenvalue weighted by molar-refractivity contribution is 6.60. The second-order valence-corrected chi connectivity index (χ2v) is 12.6. The maximum absolute atomic E-state index is 5.50. The topological polar surface area (TPSA) is 32.1 Å². The molecular weight excluding hydrogens is 438 g/mol. The van der Waals surface area contributed by atoms with E-state index in [1.807, 2.05) is 0 Å². The molecule has 0 amide bonds. The molecule has 1 N–H and O–H groups in total. The first-order valence-corrected chi connectivity index (χ1v) is 15.5. The van der Waals surface area contributed by atoms with Gasteiger partial charge in [0.15, 0.2) is 0 Å². The monoisotopic (exact) mass is 495 g/mol. The number of rotatable bonds is 25. The lowest BCUT2D eigenvalue weighted by Crippen LogP contribution is -3.09. The summed E-state index contributed by atoms with van der Waals surface area (Å²) < 4.78 is 16.5. The SMILES string of the molecule is CCCCCCCCCCCCCCCCCCC[NH+](C)CCC[Si](OC)(OC)OC.[Cl-]. The van der Waals surface area contributed by atoms with E-state index in [0.29, 0.717) is 0 Å². The van der Waals surface area contributed by atoms with Crippen LogP contribution in [0.3, 0.4) is 0 Å². The Balaban J connectivity index is 0. The van der Waals surface area contributed by atoms with Gasteiger partial charge in [0.25, 0.3) is 0 Å². The van der Waals surface area contributed by atoms with Crippen LogP contribution in [-0.2, 0) is 13.3 Å². The summed E-state index contributed by atoms with van der Waals surface area (Å²) in [4.78, 5) is 1.62. The quantitative estimate of drug-likeness (QED) is 0.155. The van der Waals surface area contributed by atoms with Gasteiger partial charge in [0.1, 0.15) is 0 Å². The molecule has 0 saturated heterocycles. The number of halogens is 1. The third-order valence-electron chi connectivity index (χ3n) is 6.73. The van der Waals surface area contributed by atoms with Crippen molar-refractivity contribution < 1.29 is 30.6 Å². The summed E-state index contributed by atoms with van der Waals surface area (Å²) in [6.07, 6.45) is 25.6. The number of quaternary nitrogens is 1. The number of hydrogen-bond acceptors (Lipinski definition) is 3. The van der Waals surface area contributed by atoms with Gasteiger partial charge in [0.2, 0.25) is 0 Å². The van der Waals surface area contributed by atoms with E-state index < -0.39 is 8.80 Å². The predicted molar refractivity (Wildman–Crippen MR) is 137 cm³/mol. The maximum atomic E-state index is 5.50. The average molecular weight is 496 g/mol. The van der Waals surface area contributed by atoms with Crippen molar-refractivity contribution >= 4 is 8.80 Å².